The van der Waals surface area contributed by atoms with Gasteiger partial charge in [0.25, 0.3) is 5.56 Å². The molecule has 0 saturated carbocycles. The molecule has 192 valence electrons. The van der Waals surface area contributed by atoms with Gasteiger partial charge in [0.05, 0.1) is 17.5 Å². The SMILES string of the molecule is CCOC(=O)[C@H](C)NP(=O)(OC[C@H]1O[C@@H](n2ccc(=O)[nH]c2=O)[C@](C)(Br)[C@@H]1O)Oc1ccccc1. The lowest BCUT2D eigenvalue weighted by molar-refractivity contribution is -0.144. The van der Waals surface area contributed by atoms with E-state index in [0.717, 1.165) is 10.6 Å². The Balaban J connectivity index is 1.80. The quantitative estimate of drug-likeness (QED) is 0.216. The van der Waals surface area contributed by atoms with E-state index in [-0.39, 0.29) is 12.4 Å². The van der Waals surface area contributed by atoms with Crippen LogP contribution in [0.15, 0.2) is 52.2 Å². The minimum absolute atomic E-state index is 0.132. The first-order valence-electron chi connectivity index (χ1n) is 10.7. The maximum atomic E-state index is 13.6. The second kappa shape index (κ2) is 11.2. The van der Waals surface area contributed by atoms with Gasteiger partial charge in [-0.25, -0.2) is 9.36 Å². The van der Waals surface area contributed by atoms with Crippen molar-refractivity contribution in [2.45, 2.75) is 49.6 Å². The summed E-state index contributed by atoms with van der Waals surface area (Å²) < 4.78 is 35.4. The van der Waals surface area contributed by atoms with Crippen LogP contribution in [0.25, 0.3) is 0 Å². The highest BCUT2D eigenvalue weighted by molar-refractivity contribution is 9.10. The molecule has 1 aliphatic heterocycles. The number of halogens is 1. The Bertz CT molecular complexity index is 1190. The fourth-order valence-corrected chi connectivity index (χ4v) is 5.53. The highest BCUT2D eigenvalue weighted by Crippen LogP contribution is 2.48. The normalized spacial score (nSPS) is 26.6. The smallest absolute Gasteiger partial charge is 0.459 e. The molecule has 12 nitrogen and oxygen atoms in total. The van der Waals surface area contributed by atoms with E-state index in [0.29, 0.717) is 0 Å². The summed E-state index contributed by atoms with van der Waals surface area (Å²) in [5.41, 5.74) is -1.31. The predicted molar refractivity (Wildman–Crippen MR) is 128 cm³/mol. The van der Waals surface area contributed by atoms with Crippen LogP contribution in [0.3, 0.4) is 0 Å². The van der Waals surface area contributed by atoms with Crippen LogP contribution >= 0.6 is 23.7 Å². The molecule has 2 heterocycles. The second-order valence-corrected chi connectivity index (χ2v) is 11.3. The molecule has 1 aromatic carbocycles. The van der Waals surface area contributed by atoms with E-state index < -0.39 is 60.4 Å². The van der Waals surface area contributed by atoms with Crippen molar-refractivity contribution in [1.29, 1.82) is 0 Å². The van der Waals surface area contributed by atoms with Gasteiger partial charge in [-0.2, -0.15) is 5.09 Å². The number of hydrogen-bond donors (Lipinski definition) is 3. The monoisotopic (exact) mass is 575 g/mol. The highest BCUT2D eigenvalue weighted by atomic mass is 79.9. The number of aliphatic hydroxyl groups excluding tert-OH is 1. The van der Waals surface area contributed by atoms with Gasteiger partial charge in [-0.3, -0.25) is 23.7 Å². The molecule has 35 heavy (non-hydrogen) atoms. The first-order chi connectivity index (χ1) is 16.5. The Morgan fingerprint density at radius 1 is 1.34 bits per heavy atom. The van der Waals surface area contributed by atoms with Crippen molar-refractivity contribution in [2.75, 3.05) is 13.2 Å². The zero-order chi connectivity index (χ0) is 25.8. The maximum absolute atomic E-state index is 13.6. The number of para-hydroxylation sites is 1. The molecule has 0 amide bonds. The van der Waals surface area contributed by atoms with E-state index in [1.54, 1.807) is 44.2 Å². The molecule has 6 atom stereocenters. The van der Waals surface area contributed by atoms with Gasteiger partial charge in [0.1, 0.15) is 24.0 Å². The number of benzene rings is 1. The van der Waals surface area contributed by atoms with Gasteiger partial charge in [0, 0.05) is 12.3 Å². The van der Waals surface area contributed by atoms with Crippen molar-refractivity contribution in [3.8, 4) is 5.75 Å². The fraction of sp³-hybridized carbons (Fsp3) is 0.476. The number of H-pyrrole nitrogens is 1. The van der Waals surface area contributed by atoms with Crippen molar-refractivity contribution in [3.63, 3.8) is 0 Å². The summed E-state index contributed by atoms with van der Waals surface area (Å²) in [5, 5.41) is 13.4. The van der Waals surface area contributed by atoms with Crippen LogP contribution in [0.1, 0.15) is 27.0 Å². The molecule has 2 aromatic rings. The van der Waals surface area contributed by atoms with Gasteiger partial charge in [0.2, 0.25) is 0 Å². The van der Waals surface area contributed by atoms with Crippen LogP contribution in [0.2, 0.25) is 0 Å². The molecular formula is C21H27BrN3O9P. The standard InChI is InChI=1S/C21H27BrN3O9P/c1-4-31-18(28)13(2)24-35(30,34-14-8-6-5-7-9-14)32-12-15-17(27)21(3,22)19(33-15)25-11-10-16(26)23-20(25)29/h5-11,13,15,17,19,27H,4,12H2,1-3H3,(H,24,30)(H,23,26,29)/t13-,15+,17+,19+,21+,35?/m0/s1. The topological polar surface area (TPSA) is 158 Å². The van der Waals surface area contributed by atoms with E-state index in [1.807, 2.05) is 0 Å². The largest absolute Gasteiger partial charge is 0.465 e. The van der Waals surface area contributed by atoms with Gasteiger partial charge in [-0.1, -0.05) is 34.1 Å². The first kappa shape index (κ1) is 27.3. The third-order valence-electron chi connectivity index (χ3n) is 5.19. The average molecular weight is 576 g/mol. The molecule has 1 saturated heterocycles. The summed E-state index contributed by atoms with van der Waals surface area (Å²) in [6.07, 6.45) is -2.07. The molecule has 3 N–H and O–H groups in total. The van der Waals surface area contributed by atoms with Crippen molar-refractivity contribution < 1.29 is 33.0 Å². The number of hydrogen-bond acceptors (Lipinski definition) is 9. The van der Waals surface area contributed by atoms with Crippen molar-refractivity contribution >= 4 is 29.6 Å². The molecular weight excluding hydrogens is 549 g/mol. The van der Waals surface area contributed by atoms with Crippen molar-refractivity contribution in [3.05, 3.63) is 63.4 Å². The minimum atomic E-state index is -4.18. The number of ether oxygens (including phenoxy) is 2. The molecule has 0 bridgehead atoms. The lowest BCUT2D eigenvalue weighted by atomic mass is 10.0. The van der Waals surface area contributed by atoms with Crippen molar-refractivity contribution in [2.24, 2.45) is 0 Å². The molecule has 14 heteroatoms. The molecule has 0 radical (unpaired) electrons. The Kier molecular flexibility index (Phi) is 8.73. The number of nitrogens with one attached hydrogen (secondary N) is 2. The summed E-state index contributed by atoms with van der Waals surface area (Å²) in [7, 11) is -4.18. The number of alkyl halides is 1. The summed E-state index contributed by atoms with van der Waals surface area (Å²) in [6.45, 7) is 4.39. The number of nitrogens with zero attached hydrogens (tertiary/aromatic N) is 1. The molecule has 1 aliphatic rings. The summed E-state index contributed by atoms with van der Waals surface area (Å²) >= 11 is 3.40. The molecule has 3 rings (SSSR count). The third-order valence-corrected chi connectivity index (χ3v) is 7.69. The zero-order valence-electron chi connectivity index (χ0n) is 19.3. The van der Waals surface area contributed by atoms with Gasteiger partial charge in [-0.05, 0) is 32.9 Å². The summed E-state index contributed by atoms with van der Waals surface area (Å²) in [6, 6.07) is 8.30. The number of aromatic nitrogens is 2. The zero-order valence-corrected chi connectivity index (χ0v) is 21.7. The number of rotatable bonds is 10. The number of aliphatic hydroxyl groups is 1. The molecule has 1 aromatic heterocycles. The second-order valence-electron chi connectivity index (χ2n) is 7.94. The Hall–Kier alpha value is -2.28. The molecule has 1 fully saturated rings. The van der Waals surface area contributed by atoms with E-state index in [9.17, 15) is 24.1 Å². The van der Waals surface area contributed by atoms with Crippen LogP contribution in [0.5, 0.6) is 5.75 Å². The predicted octanol–water partition coefficient (Wildman–Crippen LogP) is 1.69. The molecule has 1 unspecified atom stereocenters. The fourth-order valence-electron chi connectivity index (χ4n) is 3.40. The molecule has 0 aliphatic carbocycles. The Morgan fingerprint density at radius 3 is 2.66 bits per heavy atom. The average Bonchev–Trinajstić information content (AvgIpc) is 3.02. The highest BCUT2D eigenvalue weighted by Gasteiger charge is 2.53. The van der Waals surface area contributed by atoms with E-state index in [1.165, 1.54) is 13.1 Å². The van der Waals surface area contributed by atoms with Gasteiger partial charge < -0.3 is 19.1 Å². The van der Waals surface area contributed by atoms with Crippen LogP contribution in [0.4, 0.5) is 0 Å². The third kappa shape index (κ3) is 6.49. The van der Waals surface area contributed by atoms with Crippen LogP contribution in [-0.4, -0.2) is 56.4 Å². The first-order valence-corrected chi connectivity index (χ1v) is 13.1. The van der Waals surface area contributed by atoms with Gasteiger partial charge >= 0.3 is 19.4 Å². The number of carbonyl (C=O) groups excluding carboxylic acids is 1. The minimum Gasteiger partial charge on any atom is -0.465 e. The van der Waals surface area contributed by atoms with Gasteiger partial charge in [0.15, 0.2) is 6.23 Å². The van der Waals surface area contributed by atoms with E-state index in [4.69, 9.17) is 18.5 Å². The number of carbonyl (C=O) groups is 1. The van der Waals surface area contributed by atoms with Crippen molar-refractivity contribution in [1.82, 2.24) is 14.6 Å². The lowest BCUT2D eigenvalue weighted by Gasteiger charge is -2.27. The Morgan fingerprint density at radius 2 is 2.03 bits per heavy atom. The molecule has 0 spiro atoms. The van der Waals surface area contributed by atoms with E-state index >= 15 is 0 Å². The van der Waals surface area contributed by atoms with E-state index in [2.05, 4.69) is 26.0 Å². The lowest BCUT2D eigenvalue weighted by Crippen LogP contribution is -2.42. The van der Waals surface area contributed by atoms with Gasteiger partial charge in [-0.15, -0.1) is 0 Å². The maximum Gasteiger partial charge on any atom is 0.459 e. The summed E-state index contributed by atoms with van der Waals surface area (Å²) in [4.78, 5) is 37.9. The number of aromatic amines is 1. The van der Waals surface area contributed by atoms with Crippen LogP contribution < -0.4 is 20.9 Å². The number of esters is 1. The van der Waals surface area contributed by atoms with Crippen LogP contribution in [-0.2, 0) is 23.4 Å². The van der Waals surface area contributed by atoms with Crippen LogP contribution in [0, 0.1) is 0 Å². The summed E-state index contributed by atoms with van der Waals surface area (Å²) in [5.74, 6) is -0.439. The Labute approximate surface area is 209 Å².